The molecule has 0 aliphatic heterocycles. The first-order valence-corrected chi connectivity index (χ1v) is 13.1. The molecule has 0 radical (unpaired) electrons. The average molecular weight is 577 g/mol. The van der Waals surface area contributed by atoms with Gasteiger partial charge in [0.15, 0.2) is 6.20 Å². The van der Waals surface area contributed by atoms with Gasteiger partial charge in [-0.3, -0.25) is 4.79 Å². The van der Waals surface area contributed by atoms with Crippen molar-refractivity contribution in [2.45, 2.75) is 57.0 Å². The van der Waals surface area contributed by atoms with Crippen molar-refractivity contribution in [2.24, 2.45) is 5.92 Å². The van der Waals surface area contributed by atoms with Gasteiger partial charge in [0.05, 0.1) is 21.8 Å². The van der Waals surface area contributed by atoms with Crippen LogP contribution in [0.15, 0.2) is 54.7 Å². The number of carbonyl (C=O) groups excluding carboxylic acids is 1. The molecule has 1 fully saturated rings. The number of aromatic nitrogens is 1. The minimum atomic E-state index is -3.02. The number of carboxylic acid groups (broad SMARTS) is 1. The normalized spacial score (nSPS) is 19.8. The highest BCUT2D eigenvalue weighted by Gasteiger charge is 2.35. The number of carbonyl (C=O) groups is 2. The van der Waals surface area contributed by atoms with E-state index in [1.54, 1.807) is 6.92 Å². The molecule has 0 bridgehead atoms. The van der Waals surface area contributed by atoms with Crippen LogP contribution in [0, 0.1) is 16.9 Å². The van der Waals surface area contributed by atoms with Gasteiger partial charge in [-0.2, -0.15) is 4.73 Å². The molecular weight excluding hydrogens is 549 g/mol. The highest BCUT2D eigenvalue weighted by molar-refractivity contribution is 6.31. The quantitative estimate of drug-likeness (QED) is 0.210. The number of amides is 1. The molecule has 11 heteroatoms. The number of halogens is 4. The van der Waals surface area contributed by atoms with Gasteiger partial charge in [0, 0.05) is 22.9 Å². The number of anilines is 1. The first-order valence-electron chi connectivity index (χ1n) is 12.7. The maximum Gasteiger partial charge on any atom is 0.335 e. The second-order valence-electron chi connectivity index (χ2n) is 10.4. The highest BCUT2D eigenvalue weighted by Crippen LogP contribution is 2.39. The summed E-state index contributed by atoms with van der Waals surface area (Å²) >= 11 is 5.83. The molecule has 1 aliphatic carbocycles. The zero-order valence-electron chi connectivity index (χ0n) is 21.5. The number of carboxylic acids is 1. The van der Waals surface area contributed by atoms with E-state index in [0.29, 0.717) is 36.1 Å². The Morgan fingerprint density at radius 2 is 1.77 bits per heavy atom. The minimum Gasteiger partial charge on any atom is -0.618 e. The van der Waals surface area contributed by atoms with Crippen LogP contribution in [0.3, 0.4) is 0 Å². The Bertz CT molecular complexity index is 1410. The van der Waals surface area contributed by atoms with Crippen LogP contribution in [0.2, 0.25) is 5.02 Å². The van der Waals surface area contributed by atoms with Crippen LogP contribution in [-0.2, 0) is 4.79 Å². The second-order valence-corrected chi connectivity index (χ2v) is 10.8. The molecule has 0 spiro atoms. The molecule has 3 aromatic rings. The Morgan fingerprint density at radius 3 is 2.35 bits per heavy atom. The third-order valence-electron chi connectivity index (χ3n) is 7.42. The number of aliphatic hydroxyl groups is 1. The first-order chi connectivity index (χ1) is 18.9. The van der Waals surface area contributed by atoms with Crippen LogP contribution in [0.1, 0.15) is 73.0 Å². The zero-order valence-corrected chi connectivity index (χ0v) is 22.3. The van der Waals surface area contributed by atoms with Gasteiger partial charge in [-0.1, -0.05) is 17.7 Å². The molecule has 212 valence electrons. The second kappa shape index (κ2) is 11.9. The van der Waals surface area contributed by atoms with Crippen molar-refractivity contribution in [1.29, 1.82) is 0 Å². The number of pyridine rings is 1. The summed E-state index contributed by atoms with van der Waals surface area (Å²) in [6.45, 7) is 1.75. The SMILES string of the molecule is CC1(O)CCC(CC(C(=O)Nc2ccc(C(=O)O)cc2)c2ccc(-c3c(C(F)F)ccc(Cl)c3F)c[n+]2[O-])CC1. The van der Waals surface area contributed by atoms with Crippen molar-refractivity contribution in [3.8, 4) is 11.1 Å². The summed E-state index contributed by atoms with van der Waals surface area (Å²) in [6.07, 6.45) is 0.524. The van der Waals surface area contributed by atoms with E-state index in [1.807, 2.05) is 0 Å². The van der Waals surface area contributed by atoms with E-state index in [4.69, 9.17) is 16.7 Å². The number of aromatic carboxylic acids is 1. The molecule has 1 unspecified atom stereocenters. The monoisotopic (exact) mass is 576 g/mol. The molecule has 2 aromatic carbocycles. The van der Waals surface area contributed by atoms with Crippen molar-refractivity contribution in [2.75, 3.05) is 5.32 Å². The molecule has 0 saturated heterocycles. The van der Waals surface area contributed by atoms with Gasteiger partial charge in [0.2, 0.25) is 11.6 Å². The van der Waals surface area contributed by atoms with Crippen LogP contribution in [0.4, 0.5) is 18.9 Å². The molecule has 1 amide bonds. The van der Waals surface area contributed by atoms with Gasteiger partial charge in [-0.15, -0.1) is 0 Å². The summed E-state index contributed by atoms with van der Waals surface area (Å²) in [4.78, 5) is 24.6. The van der Waals surface area contributed by atoms with E-state index in [1.165, 1.54) is 36.4 Å². The molecule has 1 heterocycles. The van der Waals surface area contributed by atoms with E-state index in [2.05, 4.69) is 5.32 Å². The molecule has 3 N–H and O–H groups in total. The van der Waals surface area contributed by atoms with Gasteiger partial charge < -0.3 is 20.7 Å². The van der Waals surface area contributed by atoms with E-state index in [0.717, 1.165) is 18.3 Å². The fourth-order valence-corrected chi connectivity index (χ4v) is 5.26. The Balaban J connectivity index is 1.68. The summed E-state index contributed by atoms with van der Waals surface area (Å²) in [6, 6.07) is 10.2. The zero-order chi connectivity index (χ0) is 29.2. The predicted octanol–water partition coefficient (Wildman–Crippen LogP) is 6.47. The predicted molar refractivity (Wildman–Crippen MR) is 143 cm³/mol. The first kappa shape index (κ1) is 29.4. The molecule has 7 nitrogen and oxygen atoms in total. The van der Waals surface area contributed by atoms with Crippen LogP contribution in [0.25, 0.3) is 11.1 Å². The van der Waals surface area contributed by atoms with Crippen molar-refractivity contribution in [1.82, 2.24) is 0 Å². The van der Waals surface area contributed by atoms with Gasteiger partial charge in [-0.25, -0.2) is 18.0 Å². The van der Waals surface area contributed by atoms with Gasteiger partial charge in [0.25, 0.3) is 6.43 Å². The highest BCUT2D eigenvalue weighted by atomic mass is 35.5. The third kappa shape index (κ3) is 6.56. The van der Waals surface area contributed by atoms with Gasteiger partial charge in [0.1, 0.15) is 11.7 Å². The minimum absolute atomic E-state index is 0.0147. The van der Waals surface area contributed by atoms with E-state index < -0.39 is 46.8 Å². The maximum atomic E-state index is 14.8. The molecule has 1 atom stereocenters. The van der Waals surface area contributed by atoms with Crippen molar-refractivity contribution >= 4 is 29.2 Å². The fourth-order valence-electron chi connectivity index (χ4n) is 5.11. The molecule has 1 saturated carbocycles. The van der Waals surface area contributed by atoms with E-state index in [-0.39, 0.29) is 34.2 Å². The number of rotatable bonds is 8. The lowest BCUT2D eigenvalue weighted by atomic mass is 9.75. The molecular formula is C29H28ClF3N2O5. The summed E-state index contributed by atoms with van der Waals surface area (Å²) in [5, 5.41) is 35.0. The van der Waals surface area contributed by atoms with E-state index in [9.17, 15) is 33.1 Å². The summed E-state index contributed by atoms with van der Waals surface area (Å²) in [7, 11) is 0. The lowest BCUT2D eigenvalue weighted by molar-refractivity contribution is -0.614. The summed E-state index contributed by atoms with van der Waals surface area (Å²) in [5.41, 5.74) is -1.65. The number of benzene rings is 2. The molecule has 1 aromatic heterocycles. The number of alkyl halides is 2. The van der Waals surface area contributed by atoms with Crippen LogP contribution >= 0.6 is 11.6 Å². The number of nitrogens with zero attached hydrogens (tertiary/aromatic N) is 1. The van der Waals surface area contributed by atoms with Crippen LogP contribution in [0.5, 0.6) is 0 Å². The lowest BCUT2D eigenvalue weighted by Gasteiger charge is -2.34. The van der Waals surface area contributed by atoms with Crippen molar-refractivity contribution in [3.05, 3.63) is 87.6 Å². The smallest absolute Gasteiger partial charge is 0.335 e. The maximum absolute atomic E-state index is 14.8. The Hall–Kier alpha value is -3.63. The molecule has 40 heavy (non-hydrogen) atoms. The van der Waals surface area contributed by atoms with Crippen LogP contribution in [-0.4, -0.2) is 27.7 Å². The summed E-state index contributed by atoms with van der Waals surface area (Å²) < 4.78 is 42.5. The topological polar surface area (TPSA) is 114 Å². The molecule has 1 aliphatic rings. The number of nitrogens with one attached hydrogen (secondary N) is 1. The number of hydrogen-bond acceptors (Lipinski definition) is 4. The Morgan fingerprint density at radius 1 is 1.12 bits per heavy atom. The number of hydrogen-bond donors (Lipinski definition) is 3. The van der Waals surface area contributed by atoms with Crippen LogP contribution < -0.4 is 10.0 Å². The van der Waals surface area contributed by atoms with Crippen molar-refractivity contribution < 1.29 is 37.7 Å². The Kier molecular flexibility index (Phi) is 8.70. The van der Waals surface area contributed by atoms with Gasteiger partial charge in [-0.05, 0) is 81.3 Å². The van der Waals surface area contributed by atoms with E-state index >= 15 is 0 Å². The largest absolute Gasteiger partial charge is 0.618 e. The Labute approximate surface area is 233 Å². The lowest BCUT2D eigenvalue weighted by Crippen LogP contribution is -2.39. The van der Waals surface area contributed by atoms with Crippen molar-refractivity contribution in [3.63, 3.8) is 0 Å². The van der Waals surface area contributed by atoms with Gasteiger partial charge >= 0.3 is 5.97 Å². The third-order valence-corrected chi connectivity index (χ3v) is 7.71. The summed E-state index contributed by atoms with van der Waals surface area (Å²) in [5.74, 6) is -3.69. The fraction of sp³-hybridized carbons (Fsp3) is 0.345. The average Bonchev–Trinajstić information content (AvgIpc) is 2.90. The standard InChI is InChI=1S/C29H28ClF3N2O5/c1-29(39)12-10-16(11-13-29)14-21(27(36)34-19-5-2-17(3-6-19)28(37)38)23-9-4-18(15-35(23)40)24-20(26(32)33)7-8-22(30)25(24)31/h2-9,15-16,21,26,39H,10-14H2,1H3,(H,34,36)(H,37,38). The molecule has 4 rings (SSSR count).